The number of ether oxygens (including phenoxy) is 1. The first kappa shape index (κ1) is 16.7. The molecule has 18 heavy (non-hydrogen) atoms. The lowest BCUT2D eigenvalue weighted by atomic mass is 10.2. The Morgan fingerprint density at radius 3 is 2.39 bits per heavy atom. The van der Waals surface area contributed by atoms with Crippen molar-refractivity contribution in [3.63, 3.8) is 0 Å². The van der Waals surface area contributed by atoms with E-state index in [0.717, 1.165) is 0 Å². The first-order valence-electron chi connectivity index (χ1n) is 6.17. The molecule has 0 aromatic carbocycles. The van der Waals surface area contributed by atoms with Crippen molar-refractivity contribution in [2.24, 2.45) is 0 Å². The predicted molar refractivity (Wildman–Crippen MR) is 79.9 cm³/mol. The van der Waals surface area contributed by atoms with Crippen LogP contribution in [0.2, 0.25) is 18.1 Å². The van der Waals surface area contributed by atoms with Crippen molar-refractivity contribution in [3.05, 3.63) is 24.3 Å². The van der Waals surface area contributed by atoms with Crippen molar-refractivity contribution < 1.29 is 9.53 Å². The first-order chi connectivity index (χ1) is 8.20. The van der Waals surface area contributed by atoms with Gasteiger partial charge in [0.05, 0.1) is 0 Å². The van der Waals surface area contributed by atoms with Crippen molar-refractivity contribution in [1.29, 1.82) is 0 Å². The molecular formula is C15H24O2Si. The maximum Gasteiger partial charge on any atom is 0.331 e. The van der Waals surface area contributed by atoms with E-state index in [9.17, 15) is 4.79 Å². The number of hydrogen-bond acceptors (Lipinski definition) is 2. The molecular weight excluding hydrogens is 240 g/mol. The Morgan fingerprint density at radius 2 is 1.89 bits per heavy atom. The fourth-order valence-electron chi connectivity index (χ4n) is 0.845. The van der Waals surface area contributed by atoms with Gasteiger partial charge in [-0.05, 0) is 12.0 Å². The Labute approximate surface area is 112 Å². The van der Waals surface area contributed by atoms with Gasteiger partial charge in [0.1, 0.15) is 8.07 Å². The van der Waals surface area contributed by atoms with Crippen LogP contribution in [0.3, 0.4) is 0 Å². The Balaban J connectivity index is 4.26. The quantitative estimate of drug-likeness (QED) is 0.255. The molecule has 0 fully saturated rings. The summed E-state index contributed by atoms with van der Waals surface area (Å²) < 4.78 is 4.99. The number of rotatable bonds is 3. The lowest BCUT2D eigenvalue weighted by Crippen LogP contribution is -2.35. The molecule has 0 bridgehead atoms. The second kappa shape index (κ2) is 7.23. The van der Waals surface area contributed by atoms with Gasteiger partial charge in [0.2, 0.25) is 0 Å². The molecule has 0 spiro atoms. The second-order valence-corrected chi connectivity index (χ2v) is 10.7. The Hall–Kier alpha value is -1.27. The van der Waals surface area contributed by atoms with E-state index in [4.69, 9.17) is 4.74 Å². The van der Waals surface area contributed by atoms with E-state index < -0.39 is 8.07 Å². The van der Waals surface area contributed by atoms with Gasteiger partial charge in [-0.15, -0.1) is 5.54 Å². The summed E-state index contributed by atoms with van der Waals surface area (Å²) in [6, 6.07) is 0. The highest BCUT2D eigenvalue weighted by atomic mass is 28.3. The van der Waals surface area contributed by atoms with Gasteiger partial charge in [-0.3, -0.25) is 0 Å². The van der Waals surface area contributed by atoms with Crippen LogP contribution in [-0.2, 0) is 9.53 Å². The molecule has 0 rings (SSSR count). The molecule has 0 aliphatic heterocycles. The molecule has 0 atom stereocenters. The lowest BCUT2D eigenvalue weighted by Gasteiger charge is -2.31. The zero-order valence-corrected chi connectivity index (χ0v) is 13.3. The normalized spacial score (nSPS) is 12.6. The van der Waals surface area contributed by atoms with E-state index in [2.05, 4.69) is 45.3 Å². The van der Waals surface area contributed by atoms with Gasteiger partial charge in [-0.2, -0.15) is 0 Å². The summed E-state index contributed by atoms with van der Waals surface area (Å²) in [6.07, 6.45) is 6.68. The van der Waals surface area contributed by atoms with Gasteiger partial charge in [-0.1, -0.05) is 58.0 Å². The van der Waals surface area contributed by atoms with E-state index >= 15 is 0 Å². The van der Waals surface area contributed by atoms with Crippen molar-refractivity contribution in [2.75, 3.05) is 6.61 Å². The van der Waals surface area contributed by atoms with Gasteiger partial charge in [0.25, 0.3) is 0 Å². The maximum absolute atomic E-state index is 11.2. The molecule has 0 saturated carbocycles. The highest BCUT2D eigenvalue weighted by molar-refractivity contribution is 6.87. The minimum atomic E-state index is -1.59. The van der Waals surface area contributed by atoms with Gasteiger partial charge in [-0.25, -0.2) is 4.79 Å². The molecule has 0 saturated heterocycles. The minimum Gasteiger partial charge on any atom is -0.449 e. The number of carbonyl (C=O) groups excluding carboxylic acids is 1. The smallest absolute Gasteiger partial charge is 0.331 e. The molecule has 3 heteroatoms. The van der Waals surface area contributed by atoms with Crippen LogP contribution >= 0.6 is 0 Å². The average Bonchev–Trinajstić information content (AvgIpc) is 2.23. The van der Waals surface area contributed by atoms with E-state index in [-0.39, 0.29) is 17.6 Å². The van der Waals surface area contributed by atoms with Gasteiger partial charge in [0.15, 0.2) is 6.61 Å². The number of allylic oxidation sites excluding steroid dienone is 3. The van der Waals surface area contributed by atoms with Crippen LogP contribution in [0.15, 0.2) is 24.3 Å². The summed E-state index contributed by atoms with van der Waals surface area (Å²) in [6.45, 7) is 13.1. The SMILES string of the molecule is C/C=C/C=C/C(=O)OCC#C[Si](C)(C)C(C)(C)C. The molecule has 0 heterocycles. The zero-order valence-electron chi connectivity index (χ0n) is 12.3. The molecule has 0 amide bonds. The van der Waals surface area contributed by atoms with Crippen LogP contribution in [0.1, 0.15) is 27.7 Å². The van der Waals surface area contributed by atoms with Crippen molar-refractivity contribution >= 4 is 14.0 Å². The second-order valence-electron chi connectivity index (χ2n) is 5.67. The molecule has 100 valence electrons. The zero-order chi connectivity index (χ0) is 14.2. The Kier molecular flexibility index (Phi) is 6.71. The van der Waals surface area contributed by atoms with Crippen molar-refractivity contribution in [1.82, 2.24) is 0 Å². The van der Waals surface area contributed by atoms with Gasteiger partial charge in [0, 0.05) is 6.08 Å². The number of hydrogen-bond donors (Lipinski definition) is 0. The minimum absolute atomic E-state index is 0.172. The summed E-state index contributed by atoms with van der Waals surface area (Å²) in [7, 11) is -1.59. The van der Waals surface area contributed by atoms with Crippen LogP contribution in [0, 0.1) is 11.5 Å². The van der Waals surface area contributed by atoms with E-state index in [1.807, 2.05) is 13.0 Å². The highest BCUT2D eigenvalue weighted by Gasteiger charge is 2.33. The number of esters is 1. The van der Waals surface area contributed by atoms with Gasteiger partial charge < -0.3 is 4.74 Å². The van der Waals surface area contributed by atoms with Crippen LogP contribution in [-0.4, -0.2) is 20.7 Å². The largest absolute Gasteiger partial charge is 0.449 e. The molecule has 0 aromatic rings. The van der Waals surface area contributed by atoms with Crippen molar-refractivity contribution in [3.8, 4) is 11.5 Å². The number of carbonyl (C=O) groups is 1. The summed E-state index contributed by atoms with van der Waals surface area (Å²) in [4.78, 5) is 11.2. The summed E-state index contributed by atoms with van der Waals surface area (Å²) in [5.74, 6) is 2.62. The summed E-state index contributed by atoms with van der Waals surface area (Å²) in [5.41, 5.74) is 3.30. The van der Waals surface area contributed by atoms with Crippen LogP contribution in [0.4, 0.5) is 0 Å². The fraction of sp³-hybridized carbons (Fsp3) is 0.533. The molecule has 2 nitrogen and oxygen atoms in total. The van der Waals surface area contributed by atoms with E-state index in [1.165, 1.54) is 6.08 Å². The van der Waals surface area contributed by atoms with E-state index in [0.29, 0.717) is 0 Å². The summed E-state index contributed by atoms with van der Waals surface area (Å²) >= 11 is 0. The third-order valence-corrected chi connectivity index (χ3v) is 7.65. The maximum atomic E-state index is 11.2. The predicted octanol–water partition coefficient (Wildman–Crippen LogP) is 3.71. The molecule has 0 radical (unpaired) electrons. The molecule has 0 unspecified atom stereocenters. The van der Waals surface area contributed by atoms with E-state index in [1.54, 1.807) is 12.2 Å². The third kappa shape index (κ3) is 6.46. The Bertz CT molecular complexity index is 387. The van der Waals surface area contributed by atoms with Crippen LogP contribution < -0.4 is 0 Å². The standard InChI is InChI=1S/C15H24O2Si/c1-7-8-9-11-14(16)17-12-10-13-18(5,6)15(2,3)4/h7-9,11H,12H2,1-6H3/b8-7+,11-9+. The van der Waals surface area contributed by atoms with Crippen molar-refractivity contribution in [2.45, 2.75) is 45.8 Å². The Morgan fingerprint density at radius 1 is 1.28 bits per heavy atom. The molecule has 0 aliphatic carbocycles. The monoisotopic (exact) mass is 264 g/mol. The average molecular weight is 264 g/mol. The molecule has 0 aromatic heterocycles. The molecule has 0 aliphatic rings. The van der Waals surface area contributed by atoms with Crippen LogP contribution in [0.25, 0.3) is 0 Å². The fourth-order valence-corrected chi connectivity index (χ4v) is 1.73. The summed E-state index contributed by atoms with van der Waals surface area (Å²) in [5, 5.41) is 0.232. The first-order valence-corrected chi connectivity index (χ1v) is 9.17. The van der Waals surface area contributed by atoms with Gasteiger partial charge >= 0.3 is 5.97 Å². The topological polar surface area (TPSA) is 26.3 Å². The molecule has 0 N–H and O–H groups in total. The van der Waals surface area contributed by atoms with Crippen LogP contribution in [0.5, 0.6) is 0 Å². The highest BCUT2D eigenvalue weighted by Crippen LogP contribution is 2.34. The third-order valence-electron chi connectivity index (χ3n) is 3.10. The lowest BCUT2D eigenvalue weighted by molar-refractivity contribution is -0.136.